The maximum Gasteiger partial charge on any atom is 0.335 e. The number of carbonyl (C=O) groups is 2. The number of carboxylic acids is 1. The van der Waals surface area contributed by atoms with Crippen molar-refractivity contribution in [1.29, 1.82) is 0 Å². The van der Waals surface area contributed by atoms with Gasteiger partial charge < -0.3 is 10.4 Å². The fourth-order valence-corrected chi connectivity index (χ4v) is 5.87. The number of fused-ring (bicyclic) bond motifs is 7. The molecule has 2 bridgehead atoms. The molecular weight excluding hydrogens is 338 g/mol. The first-order valence-corrected chi connectivity index (χ1v) is 9.77. The van der Waals surface area contributed by atoms with E-state index in [1.165, 1.54) is 24.8 Å². The molecule has 2 N–H and O–H groups in total. The lowest BCUT2D eigenvalue weighted by atomic mass is 9.68. The Morgan fingerprint density at radius 3 is 2.41 bits per heavy atom. The van der Waals surface area contributed by atoms with Crippen molar-refractivity contribution in [2.45, 2.75) is 38.1 Å². The number of aromatic carboxylic acids is 1. The van der Waals surface area contributed by atoms with Crippen LogP contribution in [0.5, 0.6) is 0 Å². The number of nitrogens with one attached hydrogen (secondary N) is 1. The third kappa shape index (κ3) is 2.50. The van der Waals surface area contributed by atoms with Crippen molar-refractivity contribution >= 4 is 17.4 Å². The van der Waals surface area contributed by atoms with E-state index in [2.05, 4.69) is 11.4 Å². The summed E-state index contributed by atoms with van der Waals surface area (Å²) < 4.78 is 0. The van der Waals surface area contributed by atoms with Crippen LogP contribution in [0.15, 0.2) is 42.5 Å². The second-order valence-corrected chi connectivity index (χ2v) is 8.34. The Balaban J connectivity index is 1.58. The molecule has 0 unspecified atom stereocenters. The Bertz CT molecular complexity index is 933. The van der Waals surface area contributed by atoms with Gasteiger partial charge in [-0.3, -0.25) is 4.79 Å². The van der Waals surface area contributed by atoms with Gasteiger partial charge in [-0.05, 0) is 91.3 Å². The van der Waals surface area contributed by atoms with Gasteiger partial charge in [0.2, 0.25) is 0 Å². The second-order valence-electron chi connectivity index (χ2n) is 8.34. The van der Waals surface area contributed by atoms with Gasteiger partial charge in [0.1, 0.15) is 0 Å². The summed E-state index contributed by atoms with van der Waals surface area (Å²) in [6.45, 7) is 1.63. The highest BCUT2D eigenvalue weighted by Crippen LogP contribution is 2.63. The van der Waals surface area contributed by atoms with Gasteiger partial charge in [0.05, 0.1) is 11.6 Å². The molecule has 3 aliphatic rings. The lowest BCUT2D eigenvalue weighted by Gasteiger charge is -2.43. The third-order valence-electron chi connectivity index (χ3n) is 7.01. The molecule has 2 aromatic rings. The molecule has 1 heterocycles. The summed E-state index contributed by atoms with van der Waals surface area (Å²) in [6.07, 6.45) is 3.82. The van der Waals surface area contributed by atoms with Gasteiger partial charge in [-0.2, -0.15) is 0 Å². The molecule has 4 nitrogen and oxygen atoms in total. The molecule has 2 fully saturated rings. The fourth-order valence-electron chi connectivity index (χ4n) is 5.87. The van der Waals surface area contributed by atoms with Crippen LogP contribution in [0.2, 0.25) is 0 Å². The summed E-state index contributed by atoms with van der Waals surface area (Å²) in [5, 5.41) is 12.9. The Kier molecular flexibility index (Phi) is 3.64. The molecule has 0 radical (unpaired) electrons. The highest BCUT2D eigenvalue weighted by atomic mass is 16.4. The smallest absolute Gasteiger partial charge is 0.335 e. The van der Waals surface area contributed by atoms with Crippen LogP contribution in [0, 0.1) is 17.8 Å². The van der Waals surface area contributed by atoms with E-state index in [-0.39, 0.29) is 11.8 Å². The highest BCUT2D eigenvalue weighted by Gasteiger charge is 2.53. The summed E-state index contributed by atoms with van der Waals surface area (Å²) in [5.41, 5.74) is 4.70. The van der Waals surface area contributed by atoms with Crippen LogP contribution < -0.4 is 5.32 Å². The molecule has 5 atom stereocenters. The highest BCUT2D eigenvalue weighted by molar-refractivity contribution is 5.95. The van der Waals surface area contributed by atoms with Crippen LogP contribution >= 0.6 is 0 Å². The van der Waals surface area contributed by atoms with E-state index >= 15 is 0 Å². The molecule has 0 aromatic heterocycles. The average Bonchev–Trinajstić information content (AvgIpc) is 3.29. The molecule has 4 heteroatoms. The van der Waals surface area contributed by atoms with Crippen LogP contribution in [-0.4, -0.2) is 16.9 Å². The zero-order valence-electron chi connectivity index (χ0n) is 15.3. The third-order valence-corrected chi connectivity index (χ3v) is 7.01. The van der Waals surface area contributed by atoms with E-state index in [4.69, 9.17) is 0 Å². The maximum absolute atomic E-state index is 11.9. The quantitative estimate of drug-likeness (QED) is 0.765. The van der Waals surface area contributed by atoms with E-state index < -0.39 is 5.97 Å². The van der Waals surface area contributed by atoms with Crippen LogP contribution in [0.4, 0.5) is 5.69 Å². The fraction of sp³-hybridized carbons (Fsp3) is 0.391. The number of benzene rings is 2. The number of hydrogen-bond acceptors (Lipinski definition) is 3. The molecule has 138 valence electrons. The van der Waals surface area contributed by atoms with E-state index in [9.17, 15) is 14.7 Å². The number of rotatable bonds is 3. The summed E-state index contributed by atoms with van der Waals surface area (Å²) in [7, 11) is 0. The lowest BCUT2D eigenvalue weighted by Crippen LogP contribution is -2.35. The largest absolute Gasteiger partial charge is 0.478 e. The van der Waals surface area contributed by atoms with E-state index in [1.54, 1.807) is 19.1 Å². The lowest BCUT2D eigenvalue weighted by molar-refractivity contribution is 0.0696. The predicted octanol–water partition coefficient (Wildman–Crippen LogP) is 4.88. The summed E-state index contributed by atoms with van der Waals surface area (Å²) in [6, 6.07) is 13.6. The first-order chi connectivity index (χ1) is 13.0. The molecule has 5 rings (SSSR count). The van der Waals surface area contributed by atoms with Crippen LogP contribution in [-0.2, 0) is 0 Å². The van der Waals surface area contributed by atoms with Crippen molar-refractivity contribution in [1.82, 2.24) is 0 Å². The molecule has 2 saturated carbocycles. The maximum atomic E-state index is 11.9. The van der Waals surface area contributed by atoms with Gasteiger partial charge >= 0.3 is 5.97 Å². The Morgan fingerprint density at radius 2 is 1.70 bits per heavy atom. The zero-order valence-corrected chi connectivity index (χ0v) is 15.3. The summed E-state index contributed by atoms with van der Waals surface area (Å²) >= 11 is 0. The van der Waals surface area contributed by atoms with Gasteiger partial charge in [-0.15, -0.1) is 0 Å². The first kappa shape index (κ1) is 16.5. The first-order valence-electron chi connectivity index (χ1n) is 9.77. The summed E-state index contributed by atoms with van der Waals surface area (Å²) in [5.74, 6) is 1.62. The predicted molar refractivity (Wildman–Crippen MR) is 103 cm³/mol. The van der Waals surface area contributed by atoms with Gasteiger partial charge in [0.15, 0.2) is 5.78 Å². The minimum Gasteiger partial charge on any atom is -0.478 e. The molecule has 0 amide bonds. The van der Waals surface area contributed by atoms with Crippen molar-refractivity contribution in [3.05, 3.63) is 64.7 Å². The normalized spacial score (nSPS) is 30.3. The molecule has 0 saturated heterocycles. The van der Waals surface area contributed by atoms with E-state index in [0.717, 1.165) is 16.8 Å². The monoisotopic (exact) mass is 361 g/mol. The average molecular weight is 361 g/mol. The van der Waals surface area contributed by atoms with Crippen molar-refractivity contribution in [3.63, 3.8) is 0 Å². The molecule has 27 heavy (non-hydrogen) atoms. The van der Waals surface area contributed by atoms with Crippen molar-refractivity contribution in [2.24, 2.45) is 17.8 Å². The summed E-state index contributed by atoms with van der Waals surface area (Å²) in [4.78, 5) is 23.1. The number of anilines is 1. The number of hydrogen-bond donors (Lipinski definition) is 2. The molecule has 0 spiro atoms. The van der Waals surface area contributed by atoms with Gasteiger partial charge in [-0.25, -0.2) is 4.79 Å². The molecule has 2 aromatic carbocycles. The molecule has 2 aliphatic carbocycles. The van der Waals surface area contributed by atoms with Gasteiger partial charge in [0, 0.05) is 11.3 Å². The minimum absolute atomic E-state index is 0.115. The second kappa shape index (κ2) is 5.95. The van der Waals surface area contributed by atoms with Crippen LogP contribution in [0.25, 0.3) is 0 Å². The number of Topliss-reactive ketones (excluding diaryl/α,β-unsaturated/α-hetero) is 1. The van der Waals surface area contributed by atoms with E-state index in [0.29, 0.717) is 29.2 Å². The number of carbonyl (C=O) groups excluding carboxylic acids is 1. The number of carboxylic acid groups (broad SMARTS) is 1. The zero-order chi connectivity index (χ0) is 18.7. The van der Waals surface area contributed by atoms with Crippen LogP contribution in [0.1, 0.15) is 70.0 Å². The van der Waals surface area contributed by atoms with Crippen molar-refractivity contribution < 1.29 is 14.7 Å². The molecule has 1 aliphatic heterocycles. The van der Waals surface area contributed by atoms with Crippen LogP contribution in [0.3, 0.4) is 0 Å². The van der Waals surface area contributed by atoms with Gasteiger partial charge in [0.25, 0.3) is 0 Å². The Hall–Kier alpha value is -2.62. The van der Waals surface area contributed by atoms with Crippen molar-refractivity contribution in [2.75, 3.05) is 5.32 Å². The topological polar surface area (TPSA) is 66.4 Å². The standard InChI is InChI=1S/C23H23NO3/c1-12(25)15-8-9-19-18(11-15)20-16-6-7-17(10-16)21(20)22(24-19)13-2-4-14(5-3-13)23(26)27/h2-5,8-9,11,16-17,20-22,24H,6-7,10H2,1H3,(H,26,27)/t16-,17-,20-,21+,22+/m0/s1. The van der Waals surface area contributed by atoms with Crippen molar-refractivity contribution in [3.8, 4) is 0 Å². The Morgan fingerprint density at radius 1 is 1.00 bits per heavy atom. The number of ketones is 1. The van der Waals surface area contributed by atoms with E-state index in [1.807, 2.05) is 24.3 Å². The van der Waals surface area contributed by atoms with Gasteiger partial charge in [-0.1, -0.05) is 12.1 Å². The SMILES string of the molecule is CC(=O)c1ccc2c(c1)[C@@H]1[C@H]3CC[C@@H](C3)[C@H]1[C@@H](c1ccc(C(=O)O)cc1)N2. The minimum atomic E-state index is -0.891. The Labute approximate surface area is 158 Å². The molecular formula is C23H23NO3.